The molecule has 110 valence electrons. The second-order valence-electron chi connectivity index (χ2n) is 6.20. The van der Waals surface area contributed by atoms with E-state index in [2.05, 4.69) is 17.1 Å². The summed E-state index contributed by atoms with van der Waals surface area (Å²) in [7, 11) is 0. The van der Waals surface area contributed by atoms with Gasteiger partial charge in [0.05, 0.1) is 11.6 Å². The van der Waals surface area contributed by atoms with Crippen LogP contribution in [0, 0.1) is 0 Å². The van der Waals surface area contributed by atoms with Gasteiger partial charge >= 0.3 is 0 Å². The molecule has 2 fully saturated rings. The highest BCUT2D eigenvalue weighted by molar-refractivity contribution is 5.84. The highest BCUT2D eigenvalue weighted by atomic mass is 16.5. The first kappa shape index (κ1) is 14.8. The number of nitrogens with zero attached hydrogens (tertiary/aromatic N) is 1. The first-order chi connectivity index (χ1) is 8.99. The molecule has 2 unspecified atom stereocenters. The van der Waals surface area contributed by atoms with Crippen molar-refractivity contribution in [2.45, 2.75) is 57.2 Å². The lowest BCUT2D eigenvalue weighted by Crippen LogP contribution is -2.55. The Labute approximate surface area is 115 Å². The maximum Gasteiger partial charge on any atom is 0.237 e. The van der Waals surface area contributed by atoms with Crippen LogP contribution < -0.4 is 11.1 Å². The van der Waals surface area contributed by atoms with Crippen LogP contribution in [0.1, 0.15) is 39.5 Å². The first-order valence-electron chi connectivity index (χ1n) is 7.41. The van der Waals surface area contributed by atoms with Crippen molar-refractivity contribution in [1.29, 1.82) is 0 Å². The van der Waals surface area contributed by atoms with E-state index in [1.165, 1.54) is 0 Å². The minimum Gasteiger partial charge on any atom is -0.377 e. The highest BCUT2D eigenvalue weighted by Gasteiger charge is 2.37. The van der Waals surface area contributed by atoms with Crippen molar-refractivity contribution in [2.75, 3.05) is 26.2 Å². The lowest BCUT2D eigenvalue weighted by atomic mass is 9.96. The standard InChI is InChI=1S/C14H27N3O2/c1-11-10-17(7-3-9-19-11)8-6-14(2,13(15)18)16-12-4-5-12/h11-12,16H,3-10H2,1-2H3,(H2,15,18). The minimum absolute atomic E-state index is 0.237. The van der Waals surface area contributed by atoms with Gasteiger partial charge in [0.2, 0.25) is 5.91 Å². The molecule has 1 saturated heterocycles. The predicted octanol–water partition coefficient (Wildman–Crippen LogP) is 0.483. The van der Waals surface area contributed by atoms with Crippen molar-refractivity contribution < 1.29 is 9.53 Å². The van der Waals surface area contributed by atoms with Gasteiger partial charge in [0, 0.05) is 32.3 Å². The van der Waals surface area contributed by atoms with Gasteiger partial charge in [-0.2, -0.15) is 0 Å². The molecule has 2 aliphatic rings. The van der Waals surface area contributed by atoms with Gasteiger partial charge in [-0.3, -0.25) is 4.79 Å². The van der Waals surface area contributed by atoms with E-state index in [1.807, 2.05) is 6.92 Å². The summed E-state index contributed by atoms with van der Waals surface area (Å²) in [5, 5.41) is 3.40. The molecule has 1 aliphatic carbocycles. The van der Waals surface area contributed by atoms with Crippen molar-refractivity contribution in [3.8, 4) is 0 Å². The molecule has 19 heavy (non-hydrogen) atoms. The van der Waals surface area contributed by atoms with Crippen LogP contribution in [0.3, 0.4) is 0 Å². The zero-order chi connectivity index (χ0) is 13.9. The van der Waals surface area contributed by atoms with Crippen LogP contribution in [0.5, 0.6) is 0 Å². The van der Waals surface area contributed by atoms with Crippen LogP contribution in [0.4, 0.5) is 0 Å². The molecule has 1 amide bonds. The van der Waals surface area contributed by atoms with Crippen molar-refractivity contribution in [2.24, 2.45) is 5.73 Å². The normalized spacial score (nSPS) is 28.6. The number of carbonyl (C=O) groups is 1. The number of ether oxygens (including phenoxy) is 1. The number of carbonyl (C=O) groups excluding carboxylic acids is 1. The van der Waals surface area contributed by atoms with Gasteiger partial charge in [0.1, 0.15) is 0 Å². The summed E-state index contributed by atoms with van der Waals surface area (Å²) in [6, 6.07) is 0.490. The van der Waals surface area contributed by atoms with Crippen LogP contribution in [-0.2, 0) is 9.53 Å². The third-order valence-corrected chi connectivity index (χ3v) is 4.11. The first-order valence-corrected chi connectivity index (χ1v) is 7.41. The zero-order valence-corrected chi connectivity index (χ0v) is 12.2. The number of amides is 1. The molecule has 0 aromatic carbocycles. The Morgan fingerprint density at radius 3 is 2.89 bits per heavy atom. The molecule has 1 aliphatic heterocycles. The zero-order valence-electron chi connectivity index (χ0n) is 12.2. The largest absolute Gasteiger partial charge is 0.377 e. The lowest BCUT2D eigenvalue weighted by molar-refractivity contribution is -0.124. The number of rotatable bonds is 6. The quantitative estimate of drug-likeness (QED) is 0.736. The van der Waals surface area contributed by atoms with Gasteiger partial charge in [0.25, 0.3) is 0 Å². The molecule has 0 spiro atoms. The highest BCUT2D eigenvalue weighted by Crippen LogP contribution is 2.24. The summed E-state index contributed by atoms with van der Waals surface area (Å²) in [5.74, 6) is -0.237. The summed E-state index contributed by atoms with van der Waals surface area (Å²) in [4.78, 5) is 14.1. The van der Waals surface area contributed by atoms with E-state index < -0.39 is 5.54 Å². The number of primary amides is 1. The third-order valence-electron chi connectivity index (χ3n) is 4.11. The van der Waals surface area contributed by atoms with E-state index in [1.54, 1.807) is 0 Å². The molecule has 1 heterocycles. The van der Waals surface area contributed by atoms with Gasteiger partial charge in [-0.05, 0) is 39.5 Å². The lowest BCUT2D eigenvalue weighted by Gasteiger charge is -2.31. The summed E-state index contributed by atoms with van der Waals surface area (Å²) in [5.41, 5.74) is 5.00. The Bertz CT molecular complexity index is 320. The van der Waals surface area contributed by atoms with E-state index in [0.29, 0.717) is 6.04 Å². The molecule has 2 rings (SSSR count). The van der Waals surface area contributed by atoms with Crippen LogP contribution in [0.2, 0.25) is 0 Å². The fraction of sp³-hybridized carbons (Fsp3) is 0.929. The van der Waals surface area contributed by atoms with Crippen molar-refractivity contribution in [3.05, 3.63) is 0 Å². The van der Waals surface area contributed by atoms with Gasteiger partial charge in [-0.15, -0.1) is 0 Å². The van der Waals surface area contributed by atoms with Crippen molar-refractivity contribution in [1.82, 2.24) is 10.2 Å². The summed E-state index contributed by atoms with van der Waals surface area (Å²) < 4.78 is 5.64. The van der Waals surface area contributed by atoms with E-state index >= 15 is 0 Å². The minimum atomic E-state index is -0.572. The second-order valence-corrected chi connectivity index (χ2v) is 6.20. The van der Waals surface area contributed by atoms with Gasteiger partial charge < -0.3 is 20.7 Å². The Kier molecular flexibility index (Phi) is 4.81. The van der Waals surface area contributed by atoms with Gasteiger partial charge in [-0.25, -0.2) is 0 Å². The monoisotopic (exact) mass is 269 g/mol. The van der Waals surface area contributed by atoms with E-state index in [9.17, 15) is 4.79 Å². The van der Waals surface area contributed by atoms with Crippen LogP contribution in [0.25, 0.3) is 0 Å². The van der Waals surface area contributed by atoms with Crippen molar-refractivity contribution in [3.63, 3.8) is 0 Å². The maximum atomic E-state index is 11.7. The molecule has 3 N–H and O–H groups in total. The van der Waals surface area contributed by atoms with Crippen LogP contribution in [-0.4, -0.2) is 54.7 Å². The van der Waals surface area contributed by atoms with Crippen molar-refractivity contribution >= 4 is 5.91 Å². The van der Waals surface area contributed by atoms with E-state index in [-0.39, 0.29) is 12.0 Å². The Balaban J connectivity index is 1.84. The molecule has 2 atom stereocenters. The molecular formula is C14H27N3O2. The van der Waals surface area contributed by atoms with Gasteiger partial charge in [0.15, 0.2) is 0 Å². The smallest absolute Gasteiger partial charge is 0.237 e. The average molecular weight is 269 g/mol. The molecule has 0 bridgehead atoms. The maximum absolute atomic E-state index is 11.7. The summed E-state index contributed by atoms with van der Waals surface area (Å²) in [6.07, 6.45) is 4.44. The Morgan fingerprint density at radius 1 is 1.53 bits per heavy atom. The Hall–Kier alpha value is -0.650. The van der Waals surface area contributed by atoms with E-state index in [0.717, 1.165) is 51.9 Å². The number of nitrogens with two attached hydrogens (primary N) is 1. The molecule has 1 saturated carbocycles. The third kappa shape index (κ3) is 4.44. The molecule has 0 aromatic rings. The van der Waals surface area contributed by atoms with E-state index in [4.69, 9.17) is 10.5 Å². The Morgan fingerprint density at radius 2 is 2.26 bits per heavy atom. The molecule has 5 nitrogen and oxygen atoms in total. The number of hydrogen-bond acceptors (Lipinski definition) is 4. The summed E-state index contributed by atoms with van der Waals surface area (Å²) >= 11 is 0. The average Bonchev–Trinajstić information content (AvgIpc) is 3.15. The fourth-order valence-corrected chi connectivity index (χ4v) is 2.61. The number of nitrogens with one attached hydrogen (secondary N) is 1. The molecule has 0 aromatic heterocycles. The molecule has 5 heteroatoms. The predicted molar refractivity (Wildman–Crippen MR) is 74.8 cm³/mol. The van der Waals surface area contributed by atoms with Crippen LogP contribution in [0.15, 0.2) is 0 Å². The van der Waals surface area contributed by atoms with Crippen LogP contribution >= 0.6 is 0 Å². The topological polar surface area (TPSA) is 67.6 Å². The summed E-state index contributed by atoms with van der Waals surface area (Å²) in [6.45, 7) is 7.76. The molecule has 0 radical (unpaired) electrons. The number of hydrogen-bond donors (Lipinski definition) is 2. The van der Waals surface area contributed by atoms with Gasteiger partial charge in [-0.1, -0.05) is 0 Å². The SMILES string of the molecule is CC1CN(CCC(C)(NC2CC2)C(N)=O)CCCO1. The second kappa shape index (κ2) is 6.20. The molecular weight excluding hydrogens is 242 g/mol. The fourth-order valence-electron chi connectivity index (χ4n) is 2.61.